The van der Waals surface area contributed by atoms with Crippen molar-refractivity contribution in [1.29, 1.82) is 0 Å². The highest BCUT2D eigenvalue weighted by molar-refractivity contribution is 7.85. The first-order valence-electron chi connectivity index (χ1n) is 8.84. The molecule has 0 aromatic rings. The molecule has 1 aliphatic rings. The van der Waals surface area contributed by atoms with Crippen molar-refractivity contribution in [1.82, 2.24) is 9.80 Å². The lowest BCUT2D eigenvalue weighted by Crippen LogP contribution is -2.58. The number of rotatable bonds is 5. The van der Waals surface area contributed by atoms with Crippen molar-refractivity contribution in [2.45, 2.75) is 58.8 Å². The number of hydrogen-bond acceptors (Lipinski definition) is 8. The Hall–Kier alpha value is -1.39. The molecule has 10 heteroatoms. The van der Waals surface area contributed by atoms with Gasteiger partial charge in [-0.2, -0.15) is 8.42 Å². The highest BCUT2D eigenvalue weighted by atomic mass is 32.2. The van der Waals surface area contributed by atoms with Gasteiger partial charge in [0.25, 0.3) is 10.1 Å². The molecule has 0 aromatic carbocycles. The molecule has 27 heavy (non-hydrogen) atoms. The molecular formula is C17H32N2O7S. The Morgan fingerprint density at radius 1 is 1.00 bits per heavy atom. The van der Waals surface area contributed by atoms with Crippen LogP contribution in [0.15, 0.2) is 0 Å². The minimum absolute atomic E-state index is 0.0166. The van der Waals surface area contributed by atoms with Gasteiger partial charge in [0.1, 0.15) is 11.2 Å². The number of hydrogen-bond donors (Lipinski definition) is 0. The SMILES string of the molecule is CC(C)(C)OC(=O)CN1CCN(C(=O)OC(C)(C)C)CC1COS(C)(=O)=O. The summed E-state index contributed by atoms with van der Waals surface area (Å²) in [5.74, 6) is -0.419. The second-order valence-electron chi connectivity index (χ2n) is 8.63. The van der Waals surface area contributed by atoms with E-state index in [-0.39, 0.29) is 19.7 Å². The Kier molecular flexibility index (Phi) is 7.66. The van der Waals surface area contributed by atoms with E-state index in [9.17, 15) is 18.0 Å². The molecule has 0 aromatic heterocycles. The third-order valence-corrected chi connectivity index (χ3v) is 4.05. The molecule has 0 N–H and O–H groups in total. The molecule has 0 spiro atoms. The van der Waals surface area contributed by atoms with E-state index in [4.69, 9.17) is 13.7 Å². The van der Waals surface area contributed by atoms with Crippen LogP contribution in [0.2, 0.25) is 0 Å². The Bertz CT molecular complexity index is 635. The lowest BCUT2D eigenvalue weighted by molar-refractivity contribution is -0.157. The van der Waals surface area contributed by atoms with Gasteiger partial charge in [-0.05, 0) is 41.5 Å². The highest BCUT2D eigenvalue weighted by Crippen LogP contribution is 2.17. The van der Waals surface area contributed by atoms with Gasteiger partial charge < -0.3 is 14.4 Å². The third kappa shape index (κ3) is 9.92. The van der Waals surface area contributed by atoms with Crippen molar-refractivity contribution in [2.75, 3.05) is 39.0 Å². The average molecular weight is 409 g/mol. The van der Waals surface area contributed by atoms with E-state index in [1.807, 2.05) is 0 Å². The van der Waals surface area contributed by atoms with Gasteiger partial charge in [0.05, 0.1) is 25.4 Å². The zero-order chi connectivity index (χ0) is 21.0. The van der Waals surface area contributed by atoms with Crippen molar-refractivity contribution < 1.29 is 31.7 Å². The zero-order valence-electron chi connectivity index (χ0n) is 17.3. The summed E-state index contributed by atoms with van der Waals surface area (Å²) in [6.07, 6.45) is 0.475. The summed E-state index contributed by atoms with van der Waals surface area (Å²) in [5, 5.41) is 0. The van der Waals surface area contributed by atoms with Gasteiger partial charge in [0.2, 0.25) is 0 Å². The molecule has 0 radical (unpaired) electrons. The molecule has 1 heterocycles. The van der Waals surface area contributed by atoms with Crippen molar-refractivity contribution >= 4 is 22.2 Å². The standard InChI is InChI=1S/C17H32N2O7S/c1-16(2,3)25-14(20)11-18-8-9-19(15(21)26-17(4,5)6)10-13(18)12-24-27(7,22)23/h13H,8-12H2,1-7H3. The Morgan fingerprint density at radius 3 is 2.04 bits per heavy atom. The van der Waals surface area contributed by atoms with Crippen LogP contribution < -0.4 is 0 Å². The topological polar surface area (TPSA) is 102 Å². The van der Waals surface area contributed by atoms with Crippen molar-refractivity contribution in [3.63, 3.8) is 0 Å². The first kappa shape index (κ1) is 23.6. The van der Waals surface area contributed by atoms with Crippen LogP contribution >= 0.6 is 0 Å². The minimum atomic E-state index is -3.65. The number of piperazine rings is 1. The molecule has 1 amide bonds. The molecule has 1 atom stereocenters. The summed E-state index contributed by atoms with van der Waals surface area (Å²) in [5.41, 5.74) is -1.25. The minimum Gasteiger partial charge on any atom is -0.459 e. The number of nitrogens with zero attached hydrogens (tertiary/aromatic N) is 2. The Balaban J connectivity index is 2.82. The van der Waals surface area contributed by atoms with Crippen molar-refractivity contribution in [2.24, 2.45) is 0 Å². The molecular weight excluding hydrogens is 376 g/mol. The van der Waals surface area contributed by atoms with Gasteiger partial charge in [-0.3, -0.25) is 13.9 Å². The lowest BCUT2D eigenvalue weighted by atomic mass is 10.1. The van der Waals surface area contributed by atoms with Crippen LogP contribution in [-0.4, -0.2) is 86.6 Å². The van der Waals surface area contributed by atoms with Gasteiger partial charge in [0, 0.05) is 19.6 Å². The molecule has 158 valence electrons. The fourth-order valence-electron chi connectivity index (χ4n) is 2.49. The van der Waals surface area contributed by atoms with E-state index in [2.05, 4.69) is 0 Å². The van der Waals surface area contributed by atoms with E-state index in [1.54, 1.807) is 46.4 Å². The quantitative estimate of drug-likeness (QED) is 0.494. The summed E-state index contributed by atoms with van der Waals surface area (Å²) < 4.78 is 38.3. The maximum absolute atomic E-state index is 12.3. The summed E-state index contributed by atoms with van der Waals surface area (Å²) in [6, 6.07) is -0.478. The molecule has 1 saturated heterocycles. The number of amides is 1. The first-order chi connectivity index (χ1) is 12.1. The molecule has 1 rings (SSSR count). The fourth-order valence-corrected chi connectivity index (χ4v) is 2.90. The predicted molar refractivity (Wildman–Crippen MR) is 99.8 cm³/mol. The van der Waals surface area contributed by atoms with Crippen LogP contribution in [0.1, 0.15) is 41.5 Å². The molecule has 0 aliphatic carbocycles. The Labute approximate surface area is 162 Å². The number of ether oxygens (including phenoxy) is 2. The summed E-state index contributed by atoms with van der Waals surface area (Å²) in [4.78, 5) is 27.7. The Morgan fingerprint density at radius 2 is 1.56 bits per heavy atom. The van der Waals surface area contributed by atoms with Gasteiger partial charge in [-0.25, -0.2) is 4.79 Å². The largest absolute Gasteiger partial charge is 0.459 e. The second-order valence-corrected chi connectivity index (χ2v) is 10.3. The molecule has 1 aliphatic heterocycles. The van der Waals surface area contributed by atoms with Crippen LogP contribution in [0.25, 0.3) is 0 Å². The predicted octanol–water partition coefficient (Wildman–Crippen LogP) is 1.23. The van der Waals surface area contributed by atoms with Crippen LogP contribution in [0.4, 0.5) is 4.79 Å². The van der Waals surface area contributed by atoms with Gasteiger partial charge >= 0.3 is 12.1 Å². The molecule has 1 unspecified atom stereocenters. The lowest BCUT2D eigenvalue weighted by Gasteiger charge is -2.41. The third-order valence-electron chi connectivity index (χ3n) is 3.48. The van der Waals surface area contributed by atoms with E-state index in [0.717, 1.165) is 6.26 Å². The van der Waals surface area contributed by atoms with Crippen LogP contribution in [-0.2, 0) is 28.6 Å². The van der Waals surface area contributed by atoms with E-state index in [0.29, 0.717) is 13.1 Å². The molecule has 9 nitrogen and oxygen atoms in total. The second kappa shape index (κ2) is 8.74. The van der Waals surface area contributed by atoms with Crippen LogP contribution in [0.5, 0.6) is 0 Å². The van der Waals surface area contributed by atoms with Gasteiger partial charge in [0.15, 0.2) is 0 Å². The summed E-state index contributed by atoms with van der Waals surface area (Å²) in [6.45, 7) is 11.4. The highest BCUT2D eigenvalue weighted by Gasteiger charge is 2.34. The fraction of sp³-hybridized carbons (Fsp3) is 0.882. The molecule has 0 bridgehead atoms. The number of esters is 1. The average Bonchev–Trinajstić information content (AvgIpc) is 2.41. The molecule has 0 saturated carbocycles. The number of carbonyl (C=O) groups excluding carboxylic acids is 2. The maximum atomic E-state index is 12.3. The maximum Gasteiger partial charge on any atom is 0.410 e. The summed E-state index contributed by atoms with van der Waals surface area (Å²) in [7, 11) is -3.65. The van der Waals surface area contributed by atoms with Crippen LogP contribution in [0, 0.1) is 0 Å². The van der Waals surface area contributed by atoms with Crippen molar-refractivity contribution in [3.8, 4) is 0 Å². The summed E-state index contributed by atoms with van der Waals surface area (Å²) >= 11 is 0. The monoisotopic (exact) mass is 408 g/mol. The van der Waals surface area contributed by atoms with Crippen molar-refractivity contribution in [3.05, 3.63) is 0 Å². The smallest absolute Gasteiger partial charge is 0.410 e. The molecule has 1 fully saturated rings. The van der Waals surface area contributed by atoms with E-state index < -0.39 is 39.4 Å². The number of carbonyl (C=O) groups is 2. The van der Waals surface area contributed by atoms with E-state index >= 15 is 0 Å². The van der Waals surface area contributed by atoms with Gasteiger partial charge in [-0.1, -0.05) is 0 Å². The van der Waals surface area contributed by atoms with Crippen LogP contribution in [0.3, 0.4) is 0 Å². The first-order valence-corrected chi connectivity index (χ1v) is 10.7. The zero-order valence-corrected chi connectivity index (χ0v) is 18.1. The van der Waals surface area contributed by atoms with E-state index in [1.165, 1.54) is 4.90 Å². The van der Waals surface area contributed by atoms with Gasteiger partial charge in [-0.15, -0.1) is 0 Å². The normalized spacial score (nSPS) is 19.7.